The minimum atomic E-state index is -0.401. The predicted molar refractivity (Wildman–Crippen MR) is 82.9 cm³/mol. The van der Waals surface area contributed by atoms with Gasteiger partial charge in [0, 0.05) is 22.9 Å². The molecule has 0 bridgehead atoms. The molecule has 3 rings (SSSR count). The Bertz CT molecular complexity index is 659. The van der Waals surface area contributed by atoms with Crippen molar-refractivity contribution in [2.45, 2.75) is 12.5 Å². The van der Waals surface area contributed by atoms with Crippen molar-refractivity contribution in [3.8, 4) is 0 Å². The molecule has 104 valence electrons. The van der Waals surface area contributed by atoms with Crippen molar-refractivity contribution in [3.05, 3.63) is 40.9 Å². The highest BCUT2D eigenvalue weighted by molar-refractivity contribution is 9.10. The van der Waals surface area contributed by atoms with Gasteiger partial charge in [-0.25, -0.2) is 4.79 Å². The fourth-order valence-electron chi connectivity index (χ4n) is 2.49. The number of aliphatic hydroxyl groups excluding tert-OH is 1. The molecule has 2 aromatic rings. The lowest BCUT2D eigenvalue weighted by atomic mass is 10.1. The molecule has 1 heterocycles. The summed E-state index contributed by atoms with van der Waals surface area (Å²) in [6, 6.07) is 11.6. The molecule has 2 amide bonds. The lowest BCUT2D eigenvalue weighted by molar-refractivity contribution is 0.176. The summed E-state index contributed by atoms with van der Waals surface area (Å²) in [7, 11) is 0. The van der Waals surface area contributed by atoms with E-state index in [1.54, 1.807) is 4.90 Å². The Morgan fingerprint density at radius 1 is 1.25 bits per heavy atom. The number of β-amino-alcohol motifs (C(OH)–C–C–N with tert-alkyl or cyclic N) is 1. The lowest BCUT2D eigenvalue weighted by Crippen LogP contribution is -2.33. The van der Waals surface area contributed by atoms with Crippen LogP contribution in [0.15, 0.2) is 40.9 Å². The number of likely N-dealkylation sites (tertiary alicyclic amines) is 1. The first kappa shape index (κ1) is 13.4. The van der Waals surface area contributed by atoms with Crippen LogP contribution in [0.2, 0.25) is 0 Å². The number of urea groups is 1. The summed E-state index contributed by atoms with van der Waals surface area (Å²) in [5.74, 6) is 0. The van der Waals surface area contributed by atoms with Crippen molar-refractivity contribution in [3.63, 3.8) is 0 Å². The molecule has 4 nitrogen and oxygen atoms in total. The summed E-state index contributed by atoms with van der Waals surface area (Å²) in [4.78, 5) is 13.8. The van der Waals surface area contributed by atoms with Gasteiger partial charge in [-0.15, -0.1) is 0 Å². The Balaban J connectivity index is 1.88. The van der Waals surface area contributed by atoms with Crippen LogP contribution in [0.5, 0.6) is 0 Å². The van der Waals surface area contributed by atoms with Gasteiger partial charge in [-0.3, -0.25) is 0 Å². The van der Waals surface area contributed by atoms with Crippen LogP contribution < -0.4 is 5.32 Å². The van der Waals surface area contributed by atoms with Crippen LogP contribution in [-0.4, -0.2) is 35.2 Å². The molecule has 1 saturated heterocycles. The predicted octanol–water partition coefficient (Wildman–Crippen LogP) is 3.20. The standard InChI is InChI=1S/C15H15BrN2O2/c16-13-5-6-14(12-4-2-1-3-11(12)13)17-15(20)18-8-7-10(19)9-18/h1-6,10,19H,7-9H2,(H,17,20)/t10-/m1/s1. The maximum Gasteiger partial charge on any atom is 0.321 e. The van der Waals surface area contributed by atoms with Crippen molar-refractivity contribution in [2.24, 2.45) is 0 Å². The summed E-state index contributed by atoms with van der Waals surface area (Å²) in [5, 5.41) is 14.5. The molecule has 1 atom stereocenters. The second-order valence-corrected chi connectivity index (χ2v) is 5.81. The zero-order valence-electron chi connectivity index (χ0n) is 10.8. The quantitative estimate of drug-likeness (QED) is 0.841. The van der Waals surface area contributed by atoms with Gasteiger partial charge in [0.15, 0.2) is 0 Å². The van der Waals surface area contributed by atoms with Crippen LogP contribution in [0.3, 0.4) is 0 Å². The van der Waals surface area contributed by atoms with Gasteiger partial charge < -0.3 is 15.3 Å². The third-order valence-corrected chi connectivity index (χ3v) is 4.25. The number of benzene rings is 2. The number of rotatable bonds is 1. The summed E-state index contributed by atoms with van der Waals surface area (Å²) in [6.45, 7) is 1.00. The topological polar surface area (TPSA) is 52.6 Å². The van der Waals surface area contributed by atoms with Crippen molar-refractivity contribution in [1.29, 1.82) is 0 Å². The Morgan fingerprint density at radius 3 is 2.70 bits per heavy atom. The number of anilines is 1. The third-order valence-electron chi connectivity index (χ3n) is 3.56. The molecule has 2 N–H and O–H groups in total. The Hall–Kier alpha value is -1.59. The summed E-state index contributed by atoms with van der Waals surface area (Å²) in [5.41, 5.74) is 0.787. The number of carbonyl (C=O) groups excluding carboxylic acids is 1. The maximum absolute atomic E-state index is 12.2. The van der Waals surface area contributed by atoms with Gasteiger partial charge in [-0.05, 0) is 23.9 Å². The second kappa shape index (κ2) is 5.42. The molecule has 0 aliphatic carbocycles. The zero-order valence-corrected chi connectivity index (χ0v) is 12.4. The first-order valence-corrected chi connectivity index (χ1v) is 7.35. The van der Waals surface area contributed by atoms with E-state index >= 15 is 0 Å². The van der Waals surface area contributed by atoms with E-state index < -0.39 is 6.10 Å². The van der Waals surface area contributed by atoms with E-state index in [1.807, 2.05) is 36.4 Å². The maximum atomic E-state index is 12.2. The highest BCUT2D eigenvalue weighted by atomic mass is 79.9. The monoisotopic (exact) mass is 334 g/mol. The lowest BCUT2D eigenvalue weighted by Gasteiger charge is -2.17. The van der Waals surface area contributed by atoms with Crippen LogP contribution in [-0.2, 0) is 0 Å². The Kier molecular flexibility index (Phi) is 3.63. The molecule has 0 saturated carbocycles. The molecule has 0 radical (unpaired) electrons. The van der Waals surface area contributed by atoms with Gasteiger partial charge in [-0.2, -0.15) is 0 Å². The smallest absolute Gasteiger partial charge is 0.321 e. The van der Waals surface area contributed by atoms with Gasteiger partial charge in [0.1, 0.15) is 0 Å². The number of hydrogen-bond acceptors (Lipinski definition) is 2. The molecule has 0 aromatic heterocycles. The van der Waals surface area contributed by atoms with E-state index in [1.165, 1.54) is 0 Å². The normalized spacial score (nSPS) is 18.5. The molecular formula is C15H15BrN2O2. The highest BCUT2D eigenvalue weighted by Crippen LogP contribution is 2.30. The largest absolute Gasteiger partial charge is 0.391 e. The molecule has 1 fully saturated rings. The summed E-state index contributed by atoms with van der Waals surface area (Å²) >= 11 is 3.52. The molecule has 0 spiro atoms. The van der Waals surface area contributed by atoms with E-state index in [-0.39, 0.29) is 6.03 Å². The van der Waals surface area contributed by atoms with Crippen molar-refractivity contribution in [2.75, 3.05) is 18.4 Å². The fraction of sp³-hybridized carbons (Fsp3) is 0.267. The SMILES string of the molecule is O=C(Nc1ccc(Br)c2ccccc12)N1CC[C@@H](O)C1. The molecular weight excluding hydrogens is 320 g/mol. The number of aliphatic hydroxyl groups is 1. The van der Waals surface area contributed by atoms with Crippen LogP contribution in [0, 0.1) is 0 Å². The number of carbonyl (C=O) groups is 1. The van der Waals surface area contributed by atoms with Gasteiger partial charge in [0.2, 0.25) is 0 Å². The van der Waals surface area contributed by atoms with Gasteiger partial charge in [-0.1, -0.05) is 40.2 Å². The van der Waals surface area contributed by atoms with E-state index in [9.17, 15) is 9.90 Å². The molecule has 1 aliphatic rings. The number of amides is 2. The van der Waals surface area contributed by atoms with E-state index in [4.69, 9.17) is 0 Å². The number of nitrogens with zero attached hydrogens (tertiary/aromatic N) is 1. The first-order chi connectivity index (χ1) is 9.65. The molecule has 5 heteroatoms. The number of fused-ring (bicyclic) bond motifs is 1. The first-order valence-electron chi connectivity index (χ1n) is 6.56. The van der Waals surface area contributed by atoms with Crippen molar-refractivity contribution < 1.29 is 9.90 Å². The van der Waals surface area contributed by atoms with Crippen LogP contribution in [0.1, 0.15) is 6.42 Å². The van der Waals surface area contributed by atoms with Crippen LogP contribution >= 0.6 is 15.9 Å². The van der Waals surface area contributed by atoms with Gasteiger partial charge >= 0.3 is 6.03 Å². The minimum Gasteiger partial charge on any atom is -0.391 e. The average molecular weight is 335 g/mol. The summed E-state index contributed by atoms with van der Waals surface area (Å²) < 4.78 is 1.00. The molecule has 20 heavy (non-hydrogen) atoms. The van der Waals surface area contributed by atoms with Crippen molar-refractivity contribution in [1.82, 2.24) is 4.90 Å². The van der Waals surface area contributed by atoms with E-state index in [0.29, 0.717) is 19.5 Å². The highest BCUT2D eigenvalue weighted by Gasteiger charge is 2.24. The number of halogens is 1. The Labute approximate surface area is 125 Å². The van der Waals surface area contributed by atoms with E-state index in [0.717, 1.165) is 20.9 Å². The number of hydrogen-bond donors (Lipinski definition) is 2. The minimum absolute atomic E-state index is 0.158. The molecule has 1 aliphatic heterocycles. The van der Waals surface area contributed by atoms with Gasteiger partial charge in [0.05, 0.1) is 11.8 Å². The van der Waals surface area contributed by atoms with E-state index in [2.05, 4.69) is 21.2 Å². The zero-order chi connectivity index (χ0) is 14.1. The number of nitrogens with one attached hydrogen (secondary N) is 1. The van der Waals surface area contributed by atoms with Crippen LogP contribution in [0.4, 0.5) is 10.5 Å². The van der Waals surface area contributed by atoms with Crippen LogP contribution in [0.25, 0.3) is 10.8 Å². The second-order valence-electron chi connectivity index (χ2n) is 4.96. The third kappa shape index (κ3) is 2.51. The Morgan fingerprint density at radius 2 is 2.00 bits per heavy atom. The summed E-state index contributed by atoms with van der Waals surface area (Å²) in [6.07, 6.45) is 0.247. The average Bonchev–Trinajstić information content (AvgIpc) is 2.89. The molecule has 0 unspecified atom stereocenters. The fourth-order valence-corrected chi connectivity index (χ4v) is 2.97. The van der Waals surface area contributed by atoms with Gasteiger partial charge in [0.25, 0.3) is 0 Å². The van der Waals surface area contributed by atoms with Crippen molar-refractivity contribution >= 4 is 38.4 Å². The molecule has 2 aromatic carbocycles.